The van der Waals surface area contributed by atoms with Gasteiger partial charge in [-0.15, -0.1) is 0 Å². The Morgan fingerprint density at radius 2 is 1.69 bits per heavy atom. The Bertz CT molecular complexity index is 1010. The van der Waals surface area contributed by atoms with Crippen LogP contribution in [0.2, 0.25) is 10.0 Å². The van der Waals surface area contributed by atoms with Crippen LogP contribution in [0.15, 0.2) is 66.9 Å². The second kappa shape index (κ2) is 9.91. The van der Waals surface area contributed by atoms with Crippen molar-refractivity contribution in [1.82, 2.24) is 4.98 Å². The van der Waals surface area contributed by atoms with Crippen molar-refractivity contribution in [2.24, 2.45) is 0 Å². The van der Waals surface area contributed by atoms with Gasteiger partial charge in [-0.2, -0.15) is 0 Å². The lowest BCUT2D eigenvalue weighted by molar-refractivity contribution is -0.116. The van der Waals surface area contributed by atoms with Gasteiger partial charge in [-0.05, 0) is 36.4 Å². The molecule has 0 spiro atoms. The van der Waals surface area contributed by atoms with Crippen LogP contribution in [0.4, 0.5) is 11.5 Å². The quantitative estimate of drug-likeness (QED) is 0.550. The fraction of sp³-hybridized carbons (Fsp3) is 0.0952. The van der Waals surface area contributed by atoms with E-state index in [9.17, 15) is 9.59 Å². The summed E-state index contributed by atoms with van der Waals surface area (Å²) in [5.41, 5.74) is 0.700. The SMILES string of the molecule is O=C(CCOc1ccccc1Cl)Nc1ccccc1C(=O)Nc1ccc(Cl)cn1. The van der Waals surface area contributed by atoms with Crippen LogP contribution in [0, 0.1) is 0 Å². The molecule has 0 aliphatic heterocycles. The molecule has 0 saturated heterocycles. The molecule has 29 heavy (non-hydrogen) atoms. The number of anilines is 2. The molecule has 0 aliphatic carbocycles. The van der Waals surface area contributed by atoms with Crippen molar-refractivity contribution in [1.29, 1.82) is 0 Å². The molecular formula is C21H17Cl2N3O3. The molecule has 3 rings (SSSR count). The second-order valence-corrected chi connectivity index (χ2v) is 6.78. The van der Waals surface area contributed by atoms with Crippen LogP contribution < -0.4 is 15.4 Å². The highest BCUT2D eigenvalue weighted by Crippen LogP contribution is 2.23. The standard InChI is InChI=1S/C21H17Cl2N3O3/c22-14-9-10-19(24-13-14)26-21(28)15-5-1-3-7-17(15)25-20(27)11-12-29-18-8-4-2-6-16(18)23/h1-10,13H,11-12H2,(H,25,27)(H,24,26,28). The first-order valence-corrected chi connectivity index (χ1v) is 9.47. The molecule has 1 aromatic heterocycles. The lowest BCUT2D eigenvalue weighted by Crippen LogP contribution is -2.19. The van der Waals surface area contributed by atoms with Gasteiger partial charge in [0.05, 0.1) is 34.3 Å². The summed E-state index contributed by atoms with van der Waals surface area (Å²) < 4.78 is 5.52. The Labute approximate surface area is 177 Å². The lowest BCUT2D eigenvalue weighted by atomic mass is 10.1. The predicted octanol–water partition coefficient (Wildman–Crippen LogP) is 5.05. The average Bonchev–Trinajstić information content (AvgIpc) is 2.71. The summed E-state index contributed by atoms with van der Waals surface area (Å²) >= 11 is 11.8. The summed E-state index contributed by atoms with van der Waals surface area (Å²) in [4.78, 5) is 28.9. The maximum Gasteiger partial charge on any atom is 0.258 e. The molecule has 2 N–H and O–H groups in total. The lowest BCUT2D eigenvalue weighted by Gasteiger charge is -2.12. The summed E-state index contributed by atoms with van der Waals surface area (Å²) in [5.74, 6) is 0.177. The van der Waals surface area contributed by atoms with Gasteiger partial charge in [0.15, 0.2) is 0 Å². The summed E-state index contributed by atoms with van der Waals surface area (Å²) in [6.07, 6.45) is 1.53. The van der Waals surface area contributed by atoms with Crippen molar-refractivity contribution in [2.45, 2.75) is 6.42 Å². The number of amides is 2. The molecule has 1 heterocycles. The number of hydrogen-bond acceptors (Lipinski definition) is 4. The fourth-order valence-corrected chi connectivity index (χ4v) is 2.75. The molecule has 0 saturated carbocycles. The Hall–Kier alpha value is -3.09. The van der Waals surface area contributed by atoms with Gasteiger partial charge in [0.25, 0.3) is 5.91 Å². The van der Waals surface area contributed by atoms with Gasteiger partial charge < -0.3 is 15.4 Å². The highest BCUT2D eigenvalue weighted by Gasteiger charge is 2.14. The number of halogens is 2. The van der Waals surface area contributed by atoms with Crippen molar-refractivity contribution in [3.05, 3.63) is 82.5 Å². The number of aromatic nitrogens is 1. The first-order chi connectivity index (χ1) is 14.0. The van der Waals surface area contributed by atoms with Crippen LogP contribution in [0.1, 0.15) is 16.8 Å². The van der Waals surface area contributed by atoms with E-state index in [4.69, 9.17) is 27.9 Å². The Kier molecular flexibility index (Phi) is 7.05. The number of ether oxygens (including phenoxy) is 1. The van der Waals surface area contributed by atoms with E-state index in [-0.39, 0.29) is 18.9 Å². The van der Waals surface area contributed by atoms with Crippen molar-refractivity contribution in [3.63, 3.8) is 0 Å². The second-order valence-electron chi connectivity index (χ2n) is 5.94. The number of rotatable bonds is 7. The molecule has 0 unspecified atom stereocenters. The number of para-hydroxylation sites is 2. The van der Waals surface area contributed by atoms with Gasteiger partial charge in [0, 0.05) is 6.20 Å². The van der Waals surface area contributed by atoms with E-state index in [2.05, 4.69) is 15.6 Å². The van der Waals surface area contributed by atoms with Gasteiger partial charge in [0.1, 0.15) is 11.6 Å². The maximum atomic E-state index is 12.6. The minimum absolute atomic E-state index is 0.0971. The third-order valence-electron chi connectivity index (χ3n) is 3.84. The molecule has 0 aliphatic rings. The summed E-state index contributed by atoms with van der Waals surface area (Å²) in [7, 11) is 0. The van der Waals surface area contributed by atoms with Crippen LogP contribution in [0.3, 0.4) is 0 Å². The van der Waals surface area contributed by atoms with Crippen LogP contribution >= 0.6 is 23.2 Å². The Morgan fingerprint density at radius 1 is 0.931 bits per heavy atom. The zero-order chi connectivity index (χ0) is 20.6. The van der Waals surface area contributed by atoms with Gasteiger partial charge in [0.2, 0.25) is 5.91 Å². The van der Waals surface area contributed by atoms with E-state index in [0.717, 1.165) is 0 Å². The largest absolute Gasteiger partial charge is 0.491 e. The van der Waals surface area contributed by atoms with E-state index in [0.29, 0.717) is 32.9 Å². The monoisotopic (exact) mass is 429 g/mol. The van der Waals surface area contributed by atoms with Crippen LogP contribution in [-0.4, -0.2) is 23.4 Å². The third kappa shape index (κ3) is 5.94. The molecule has 0 atom stereocenters. The molecule has 6 nitrogen and oxygen atoms in total. The molecule has 0 radical (unpaired) electrons. The van der Waals surface area contributed by atoms with Crippen molar-refractivity contribution < 1.29 is 14.3 Å². The van der Waals surface area contributed by atoms with Crippen molar-refractivity contribution >= 4 is 46.5 Å². The molecule has 2 amide bonds. The number of carbonyl (C=O) groups excluding carboxylic acids is 2. The number of nitrogens with zero attached hydrogens (tertiary/aromatic N) is 1. The zero-order valence-corrected chi connectivity index (χ0v) is 16.7. The molecule has 3 aromatic rings. The van der Waals surface area contributed by atoms with Gasteiger partial charge >= 0.3 is 0 Å². The molecule has 148 valence electrons. The summed E-state index contributed by atoms with van der Waals surface area (Å²) in [6, 6.07) is 16.9. The molecule has 0 bridgehead atoms. The number of pyridine rings is 1. The average molecular weight is 430 g/mol. The van der Waals surface area contributed by atoms with E-state index in [1.165, 1.54) is 6.20 Å². The third-order valence-corrected chi connectivity index (χ3v) is 4.37. The van der Waals surface area contributed by atoms with E-state index >= 15 is 0 Å². The Morgan fingerprint density at radius 3 is 2.45 bits per heavy atom. The van der Waals surface area contributed by atoms with Crippen molar-refractivity contribution in [2.75, 3.05) is 17.2 Å². The fourth-order valence-electron chi connectivity index (χ4n) is 2.45. The minimum atomic E-state index is -0.400. The summed E-state index contributed by atoms with van der Waals surface area (Å²) in [5, 5.41) is 6.35. The topological polar surface area (TPSA) is 80.3 Å². The minimum Gasteiger partial charge on any atom is -0.491 e. The zero-order valence-electron chi connectivity index (χ0n) is 15.2. The first kappa shape index (κ1) is 20.6. The number of carbonyl (C=O) groups is 2. The van der Waals surface area contributed by atoms with Crippen LogP contribution in [-0.2, 0) is 4.79 Å². The van der Waals surface area contributed by atoms with E-state index in [1.807, 2.05) is 0 Å². The number of hydrogen-bond donors (Lipinski definition) is 2. The van der Waals surface area contributed by atoms with Crippen LogP contribution in [0.25, 0.3) is 0 Å². The molecular weight excluding hydrogens is 413 g/mol. The smallest absolute Gasteiger partial charge is 0.258 e. The van der Waals surface area contributed by atoms with Crippen LogP contribution in [0.5, 0.6) is 5.75 Å². The van der Waals surface area contributed by atoms with Gasteiger partial charge in [-0.25, -0.2) is 4.98 Å². The number of benzene rings is 2. The highest BCUT2D eigenvalue weighted by atomic mass is 35.5. The maximum absolute atomic E-state index is 12.6. The molecule has 8 heteroatoms. The number of nitrogens with one attached hydrogen (secondary N) is 2. The first-order valence-electron chi connectivity index (χ1n) is 8.72. The van der Waals surface area contributed by atoms with E-state index in [1.54, 1.807) is 60.7 Å². The van der Waals surface area contributed by atoms with Gasteiger partial charge in [-0.1, -0.05) is 47.5 Å². The molecule has 0 fully saturated rings. The molecule has 2 aromatic carbocycles. The predicted molar refractivity (Wildman–Crippen MR) is 114 cm³/mol. The Balaban J connectivity index is 1.59. The van der Waals surface area contributed by atoms with Gasteiger partial charge in [-0.3, -0.25) is 9.59 Å². The highest BCUT2D eigenvalue weighted by molar-refractivity contribution is 6.32. The normalized spacial score (nSPS) is 10.3. The van der Waals surface area contributed by atoms with E-state index < -0.39 is 5.91 Å². The van der Waals surface area contributed by atoms with Crippen molar-refractivity contribution in [3.8, 4) is 5.75 Å². The summed E-state index contributed by atoms with van der Waals surface area (Å²) in [6.45, 7) is 0.151.